The van der Waals surface area contributed by atoms with Gasteiger partial charge in [-0.3, -0.25) is 0 Å². The van der Waals surface area contributed by atoms with Crippen LogP contribution in [0.2, 0.25) is 0 Å². The molecule has 0 saturated carbocycles. The van der Waals surface area contributed by atoms with E-state index in [1.165, 1.54) is 0 Å². The molecule has 1 atom stereocenters. The summed E-state index contributed by atoms with van der Waals surface area (Å²) in [7, 11) is -3.25. The highest BCUT2D eigenvalue weighted by molar-refractivity contribution is 7.89. The van der Waals surface area contributed by atoms with Crippen molar-refractivity contribution >= 4 is 10.0 Å². The van der Waals surface area contributed by atoms with Crippen molar-refractivity contribution in [1.29, 1.82) is 0 Å². The van der Waals surface area contributed by atoms with Crippen LogP contribution in [0.3, 0.4) is 0 Å². The second-order valence-corrected chi connectivity index (χ2v) is 6.97. The molecule has 1 rings (SSSR count). The number of hydrogen-bond donors (Lipinski definition) is 2. The summed E-state index contributed by atoms with van der Waals surface area (Å²) >= 11 is 0. The van der Waals surface area contributed by atoms with E-state index in [2.05, 4.69) is 4.72 Å². The van der Waals surface area contributed by atoms with Crippen LogP contribution in [0, 0.1) is 5.92 Å². The Balaban J connectivity index is 2.56. The smallest absolute Gasteiger partial charge is 0.212 e. The Labute approximate surface area is 116 Å². The molecular weight excluding hydrogens is 260 g/mol. The third-order valence-corrected chi connectivity index (χ3v) is 4.52. The highest BCUT2D eigenvalue weighted by atomic mass is 32.2. The molecule has 19 heavy (non-hydrogen) atoms. The fourth-order valence-corrected chi connectivity index (χ4v) is 3.37. The molecule has 0 radical (unpaired) electrons. The van der Waals surface area contributed by atoms with Crippen LogP contribution < -0.4 is 10.5 Å². The lowest BCUT2D eigenvalue weighted by Gasteiger charge is -2.21. The molecule has 0 heterocycles. The van der Waals surface area contributed by atoms with E-state index in [1.54, 1.807) is 0 Å². The van der Waals surface area contributed by atoms with Gasteiger partial charge in [-0.05, 0) is 30.9 Å². The van der Waals surface area contributed by atoms with Gasteiger partial charge >= 0.3 is 0 Å². The maximum Gasteiger partial charge on any atom is 0.212 e. The highest BCUT2D eigenvalue weighted by Crippen LogP contribution is 2.08. The third-order valence-electron chi connectivity index (χ3n) is 3.12. The van der Waals surface area contributed by atoms with Crippen molar-refractivity contribution in [2.24, 2.45) is 11.7 Å². The Hall–Kier alpha value is -0.910. The van der Waals surface area contributed by atoms with Gasteiger partial charge in [-0.2, -0.15) is 0 Å². The van der Waals surface area contributed by atoms with Crippen LogP contribution in [0.25, 0.3) is 0 Å². The summed E-state index contributed by atoms with van der Waals surface area (Å²) in [5, 5.41) is 0. The van der Waals surface area contributed by atoms with E-state index in [0.29, 0.717) is 19.4 Å². The van der Waals surface area contributed by atoms with Crippen LogP contribution in [0.5, 0.6) is 0 Å². The first-order chi connectivity index (χ1) is 8.94. The number of nitrogens with one attached hydrogen (secondary N) is 1. The topological polar surface area (TPSA) is 72.2 Å². The quantitative estimate of drug-likeness (QED) is 0.760. The van der Waals surface area contributed by atoms with Crippen molar-refractivity contribution in [3.8, 4) is 0 Å². The molecule has 0 fully saturated rings. The number of aryl methyl sites for hydroxylation is 1. The van der Waals surface area contributed by atoms with E-state index >= 15 is 0 Å². The lowest BCUT2D eigenvalue weighted by Crippen LogP contribution is -2.41. The predicted molar refractivity (Wildman–Crippen MR) is 79.4 cm³/mol. The molecular formula is C14H24N2O2S. The van der Waals surface area contributed by atoms with Gasteiger partial charge < -0.3 is 5.73 Å². The van der Waals surface area contributed by atoms with Crippen LogP contribution in [0.4, 0.5) is 0 Å². The molecule has 0 aliphatic heterocycles. The lowest BCUT2D eigenvalue weighted by molar-refractivity contribution is 0.428. The average Bonchev–Trinajstić information content (AvgIpc) is 2.37. The molecule has 5 heteroatoms. The van der Waals surface area contributed by atoms with Crippen LogP contribution in [0.1, 0.15) is 25.8 Å². The molecule has 0 aromatic heterocycles. The Morgan fingerprint density at radius 1 is 1.21 bits per heavy atom. The first-order valence-corrected chi connectivity index (χ1v) is 8.34. The number of nitrogens with two attached hydrogens (primary N) is 1. The number of benzene rings is 1. The van der Waals surface area contributed by atoms with Gasteiger partial charge in [0.15, 0.2) is 0 Å². The minimum absolute atomic E-state index is 0.0780. The largest absolute Gasteiger partial charge is 0.330 e. The zero-order valence-electron chi connectivity index (χ0n) is 11.7. The van der Waals surface area contributed by atoms with Crippen molar-refractivity contribution in [1.82, 2.24) is 4.72 Å². The van der Waals surface area contributed by atoms with Crippen molar-refractivity contribution < 1.29 is 8.42 Å². The van der Waals surface area contributed by atoms with Crippen LogP contribution >= 0.6 is 0 Å². The third kappa shape index (κ3) is 6.18. The SMILES string of the molecule is CC(C)C(CCN)NS(=O)(=O)CCc1ccccc1. The summed E-state index contributed by atoms with van der Waals surface area (Å²) in [6, 6.07) is 9.56. The van der Waals surface area contributed by atoms with Gasteiger partial charge in [0.1, 0.15) is 0 Å². The fourth-order valence-electron chi connectivity index (χ4n) is 1.89. The van der Waals surface area contributed by atoms with Gasteiger partial charge in [-0.15, -0.1) is 0 Å². The van der Waals surface area contributed by atoms with E-state index in [1.807, 2.05) is 44.2 Å². The molecule has 0 spiro atoms. The fraction of sp³-hybridized carbons (Fsp3) is 0.571. The normalized spacial score (nSPS) is 13.7. The summed E-state index contributed by atoms with van der Waals surface area (Å²) in [5.74, 6) is 0.361. The van der Waals surface area contributed by atoms with Gasteiger partial charge in [-0.1, -0.05) is 44.2 Å². The monoisotopic (exact) mass is 284 g/mol. The van der Waals surface area contributed by atoms with E-state index in [0.717, 1.165) is 5.56 Å². The molecule has 108 valence electrons. The van der Waals surface area contributed by atoms with Crippen molar-refractivity contribution in [2.45, 2.75) is 32.7 Å². The van der Waals surface area contributed by atoms with Gasteiger partial charge in [0.05, 0.1) is 5.75 Å². The number of rotatable bonds is 8. The van der Waals surface area contributed by atoms with Crippen LogP contribution in [-0.4, -0.2) is 26.8 Å². The maximum atomic E-state index is 12.0. The minimum Gasteiger partial charge on any atom is -0.330 e. The van der Waals surface area contributed by atoms with Crippen molar-refractivity contribution in [2.75, 3.05) is 12.3 Å². The van der Waals surface area contributed by atoms with Crippen LogP contribution in [-0.2, 0) is 16.4 Å². The van der Waals surface area contributed by atoms with E-state index in [4.69, 9.17) is 5.73 Å². The Bertz CT molecular complexity index is 458. The molecule has 0 aliphatic carbocycles. The molecule has 0 bridgehead atoms. The summed E-state index contributed by atoms with van der Waals surface area (Å²) in [5.41, 5.74) is 6.55. The standard InChI is InChI=1S/C14H24N2O2S/c1-12(2)14(8-10-15)16-19(17,18)11-9-13-6-4-3-5-7-13/h3-7,12,14,16H,8-11,15H2,1-2H3. The van der Waals surface area contributed by atoms with Gasteiger partial charge in [0.2, 0.25) is 10.0 Å². The first-order valence-electron chi connectivity index (χ1n) is 6.68. The number of sulfonamides is 1. The van der Waals surface area contributed by atoms with Gasteiger partial charge in [-0.25, -0.2) is 13.1 Å². The second-order valence-electron chi connectivity index (χ2n) is 5.10. The van der Waals surface area contributed by atoms with Gasteiger partial charge in [0.25, 0.3) is 0 Å². The van der Waals surface area contributed by atoms with E-state index in [9.17, 15) is 8.42 Å². The van der Waals surface area contributed by atoms with Crippen molar-refractivity contribution in [3.05, 3.63) is 35.9 Å². The Kier molecular flexibility index (Phi) is 6.48. The van der Waals surface area contributed by atoms with Crippen molar-refractivity contribution in [3.63, 3.8) is 0 Å². The minimum atomic E-state index is -3.25. The molecule has 1 aromatic rings. The number of hydrogen-bond acceptors (Lipinski definition) is 3. The molecule has 4 nitrogen and oxygen atoms in total. The molecule has 0 aliphatic rings. The van der Waals surface area contributed by atoms with E-state index in [-0.39, 0.29) is 17.7 Å². The maximum absolute atomic E-state index is 12.0. The van der Waals surface area contributed by atoms with E-state index < -0.39 is 10.0 Å². The molecule has 0 saturated heterocycles. The average molecular weight is 284 g/mol. The Morgan fingerprint density at radius 3 is 2.37 bits per heavy atom. The molecule has 3 N–H and O–H groups in total. The van der Waals surface area contributed by atoms with Gasteiger partial charge in [0, 0.05) is 6.04 Å². The predicted octanol–water partition coefficient (Wildman–Crippen LogP) is 1.52. The Morgan fingerprint density at radius 2 is 1.84 bits per heavy atom. The molecule has 1 unspecified atom stereocenters. The molecule has 0 amide bonds. The summed E-state index contributed by atoms with van der Waals surface area (Å²) in [6.45, 7) is 4.49. The summed E-state index contributed by atoms with van der Waals surface area (Å²) in [4.78, 5) is 0. The highest BCUT2D eigenvalue weighted by Gasteiger charge is 2.19. The first kappa shape index (κ1) is 16.1. The molecule has 1 aromatic carbocycles. The summed E-state index contributed by atoms with van der Waals surface area (Å²) in [6.07, 6.45) is 1.20. The zero-order valence-corrected chi connectivity index (χ0v) is 12.5. The summed E-state index contributed by atoms with van der Waals surface area (Å²) < 4.78 is 26.8. The lowest BCUT2D eigenvalue weighted by atomic mass is 10.0. The second kappa shape index (κ2) is 7.62. The zero-order chi connectivity index (χ0) is 14.3. The van der Waals surface area contributed by atoms with Crippen LogP contribution in [0.15, 0.2) is 30.3 Å².